The molecule has 1 nitrogen and oxygen atoms in total. The fourth-order valence-corrected chi connectivity index (χ4v) is 5.84. The fraction of sp³-hybridized carbons (Fsp3) is 0.824. The summed E-state index contributed by atoms with van der Waals surface area (Å²) in [4.78, 5) is 12.0. The van der Waals surface area contributed by atoms with Crippen LogP contribution in [0.2, 0.25) is 0 Å². The quantitative estimate of drug-likeness (QED) is 0.671. The zero-order valence-electron chi connectivity index (χ0n) is 12.5. The average Bonchev–Trinajstić information content (AvgIpc) is 2.68. The van der Waals surface area contributed by atoms with Crippen LogP contribution in [0.5, 0.6) is 0 Å². The molecule has 3 aliphatic carbocycles. The Morgan fingerprint density at radius 2 is 1.94 bits per heavy atom. The van der Waals surface area contributed by atoms with Gasteiger partial charge in [-0.3, -0.25) is 4.79 Å². The highest BCUT2D eigenvalue weighted by Crippen LogP contribution is 2.72. The maximum atomic E-state index is 12.0. The zero-order chi connectivity index (χ0) is 13.3. The van der Waals surface area contributed by atoms with Crippen molar-refractivity contribution in [1.82, 2.24) is 0 Å². The van der Waals surface area contributed by atoms with E-state index in [4.69, 9.17) is 0 Å². The van der Waals surface area contributed by atoms with E-state index >= 15 is 0 Å². The molecule has 0 amide bonds. The number of ketones is 1. The van der Waals surface area contributed by atoms with Gasteiger partial charge in [-0.25, -0.2) is 0 Å². The predicted molar refractivity (Wildman–Crippen MR) is 74.2 cm³/mol. The van der Waals surface area contributed by atoms with Crippen molar-refractivity contribution in [2.45, 2.75) is 60.3 Å². The molecule has 18 heavy (non-hydrogen) atoms. The summed E-state index contributed by atoms with van der Waals surface area (Å²) in [7, 11) is 0. The van der Waals surface area contributed by atoms with E-state index in [2.05, 4.69) is 27.7 Å². The molecule has 4 atom stereocenters. The second-order valence-corrected chi connectivity index (χ2v) is 7.74. The minimum Gasteiger partial charge on any atom is -0.295 e. The Bertz CT molecular complexity index is 443. The van der Waals surface area contributed by atoms with Crippen molar-refractivity contribution in [2.75, 3.05) is 0 Å². The second-order valence-electron chi connectivity index (χ2n) is 7.74. The smallest absolute Gasteiger partial charge is 0.155 e. The molecule has 1 spiro atoms. The van der Waals surface area contributed by atoms with Gasteiger partial charge in [-0.15, -0.1) is 0 Å². The third-order valence-electron chi connectivity index (χ3n) is 6.87. The Hall–Kier alpha value is -0.590. The molecule has 0 aromatic rings. The van der Waals surface area contributed by atoms with Gasteiger partial charge in [0.25, 0.3) is 0 Å². The predicted octanol–water partition coefficient (Wildman–Crippen LogP) is 4.37. The Morgan fingerprint density at radius 3 is 2.56 bits per heavy atom. The Balaban J connectivity index is 2.15. The topological polar surface area (TPSA) is 17.1 Å². The first-order chi connectivity index (χ1) is 8.30. The van der Waals surface area contributed by atoms with Gasteiger partial charge in [0.1, 0.15) is 0 Å². The van der Waals surface area contributed by atoms with Crippen LogP contribution in [-0.4, -0.2) is 5.78 Å². The number of carbonyl (C=O) groups is 1. The summed E-state index contributed by atoms with van der Waals surface area (Å²) in [6.45, 7) is 11.3. The number of Topliss-reactive ketones (excluding diaryl/α,β-unsaturated/α-hetero) is 1. The minimum atomic E-state index is 0.326. The van der Waals surface area contributed by atoms with E-state index in [1.165, 1.54) is 30.4 Å². The lowest BCUT2D eigenvalue weighted by molar-refractivity contribution is -0.114. The Morgan fingerprint density at radius 1 is 1.28 bits per heavy atom. The van der Waals surface area contributed by atoms with Crippen LogP contribution in [0, 0.1) is 28.6 Å². The lowest BCUT2D eigenvalue weighted by Crippen LogP contribution is -2.32. The maximum Gasteiger partial charge on any atom is 0.155 e. The molecule has 0 saturated heterocycles. The molecule has 0 N–H and O–H groups in total. The minimum absolute atomic E-state index is 0.326. The van der Waals surface area contributed by atoms with E-state index in [9.17, 15) is 4.79 Å². The number of fused-ring (bicyclic) bond motifs is 1. The van der Waals surface area contributed by atoms with Gasteiger partial charge in [0.15, 0.2) is 5.78 Å². The molecule has 1 heteroatoms. The summed E-state index contributed by atoms with van der Waals surface area (Å²) in [5, 5.41) is 0. The molecule has 3 aliphatic rings. The average molecular weight is 246 g/mol. The molecule has 3 unspecified atom stereocenters. The molecule has 0 aromatic carbocycles. The first kappa shape index (κ1) is 12.4. The summed E-state index contributed by atoms with van der Waals surface area (Å²) in [6, 6.07) is 0. The number of rotatable bonds is 1. The van der Waals surface area contributed by atoms with Crippen LogP contribution in [0.3, 0.4) is 0 Å². The van der Waals surface area contributed by atoms with Crippen molar-refractivity contribution >= 4 is 5.78 Å². The molecule has 2 bridgehead atoms. The van der Waals surface area contributed by atoms with Crippen LogP contribution in [0.15, 0.2) is 11.1 Å². The molecule has 0 aliphatic heterocycles. The molecule has 3 rings (SSSR count). The van der Waals surface area contributed by atoms with Crippen molar-refractivity contribution in [1.29, 1.82) is 0 Å². The zero-order valence-corrected chi connectivity index (χ0v) is 12.5. The van der Waals surface area contributed by atoms with Crippen molar-refractivity contribution in [2.24, 2.45) is 28.6 Å². The van der Waals surface area contributed by atoms with E-state index in [0.717, 1.165) is 18.3 Å². The molecule has 0 aromatic heterocycles. The molecule has 2 saturated carbocycles. The highest BCUT2D eigenvalue weighted by Gasteiger charge is 2.64. The van der Waals surface area contributed by atoms with Gasteiger partial charge in [-0.1, -0.05) is 26.3 Å². The molecule has 2 fully saturated rings. The third kappa shape index (κ3) is 1.26. The Labute approximate surface area is 111 Å². The van der Waals surface area contributed by atoms with E-state index < -0.39 is 0 Å². The summed E-state index contributed by atoms with van der Waals surface area (Å²) in [5.41, 5.74) is 3.44. The van der Waals surface area contributed by atoms with Crippen LogP contribution >= 0.6 is 0 Å². The monoisotopic (exact) mass is 246 g/mol. The van der Waals surface area contributed by atoms with Crippen LogP contribution in [0.25, 0.3) is 0 Å². The van der Waals surface area contributed by atoms with Crippen LogP contribution in [0.1, 0.15) is 60.3 Å². The van der Waals surface area contributed by atoms with E-state index in [0.29, 0.717) is 22.5 Å². The largest absolute Gasteiger partial charge is 0.295 e. The van der Waals surface area contributed by atoms with Gasteiger partial charge >= 0.3 is 0 Å². The highest BCUT2D eigenvalue weighted by molar-refractivity contribution is 5.94. The fourth-order valence-electron chi connectivity index (χ4n) is 5.84. The first-order valence-electron chi connectivity index (χ1n) is 7.51. The number of hydrogen-bond acceptors (Lipinski definition) is 1. The molecular formula is C17H26O. The summed E-state index contributed by atoms with van der Waals surface area (Å²) in [5.74, 6) is 2.61. The SMILES string of the molecule is CC(=O)C1=C(C)C2C[C@]3(C1)C(C)CCC3C2(C)C. The van der Waals surface area contributed by atoms with Gasteiger partial charge in [0.05, 0.1) is 0 Å². The molecular weight excluding hydrogens is 220 g/mol. The summed E-state index contributed by atoms with van der Waals surface area (Å²) in [6.07, 6.45) is 5.16. The van der Waals surface area contributed by atoms with Crippen LogP contribution in [-0.2, 0) is 4.79 Å². The maximum absolute atomic E-state index is 12.0. The highest BCUT2D eigenvalue weighted by atomic mass is 16.1. The van der Waals surface area contributed by atoms with Crippen LogP contribution < -0.4 is 0 Å². The number of allylic oxidation sites excluding steroid dienone is 2. The molecule has 0 radical (unpaired) electrons. The lowest BCUT2D eigenvalue weighted by Gasteiger charge is -2.38. The van der Waals surface area contributed by atoms with Crippen molar-refractivity contribution < 1.29 is 4.79 Å². The molecule has 0 heterocycles. The summed E-state index contributed by atoms with van der Waals surface area (Å²) < 4.78 is 0. The van der Waals surface area contributed by atoms with Gasteiger partial charge in [0.2, 0.25) is 0 Å². The van der Waals surface area contributed by atoms with Gasteiger partial charge in [0, 0.05) is 0 Å². The number of hydrogen-bond donors (Lipinski definition) is 0. The normalized spacial score (nSPS) is 45.3. The summed E-state index contributed by atoms with van der Waals surface area (Å²) >= 11 is 0. The van der Waals surface area contributed by atoms with Crippen LogP contribution in [0.4, 0.5) is 0 Å². The third-order valence-corrected chi connectivity index (χ3v) is 6.87. The lowest BCUT2D eigenvalue weighted by atomic mass is 9.65. The second kappa shape index (κ2) is 3.49. The first-order valence-corrected chi connectivity index (χ1v) is 7.51. The van der Waals surface area contributed by atoms with Crippen molar-refractivity contribution in [3.63, 3.8) is 0 Å². The van der Waals surface area contributed by atoms with Gasteiger partial charge < -0.3 is 0 Å². The van der Waals surface area contributed by atoms with Gasteiger partial charge in [-0.2, -0.15) is 0 Å². The Kier molecular flexibility index (Phi) is 2.41. The van der Waals surface area contributed by atoms with Gasteiger partial charge in [-0.05, 0) is 73.7 Å². The van der Waals surface area contributed by atoms with Crippen molar-refractivity contribution in [3.8, 4) is 0 Å². The van der Waals surface area contributed by atoms with E-state index in [-0.39, 0.29) is 0 Å². The molecule has 100 valence electrons. The standard InChI is InChI=1S/C17H26O/c1-10-6-7-15-16(4,5)14-9-17(10,15)8-13(11(14)2)12(3)18/h10,14-15H,6-9H2,1-5H3/t10?,14?,15?,17-/m1/s1. The van der Waals surface area contributed by atoms with E-state index in [1.54, 1.807) is 6.92 Å². The number of carbonyl (C=O) groups excluding carboxylic acids is 1. The van der Waals surface area contributed by atoms with E-state index in [1.807, 2.05) is 0 Å². The van der Waals surface area contributed by atoms with Crippen molar-refractivity contribution in [3.05, 3.63) is 11.1 Å².